The predicted octanol–water partition coefficient (Wildman–Crippen LogP) is 0.462. The van der Waals surface area contributed by atoms with E-state index in [1.165, 1.54) is 0 Å². The van der Waals surface area contributed by atoms with Gasteiger partial charge in [0, 0.05) is 0 Å². The Morgan fingerprint density at radius 2 is 2.08 bits per heavy atom. The number of nitrogens with one attached hydrogen (secondary N) is 2. The van der Waals surface area contributed by atoms with Gasteiger partial charge in [-0.05, 0) is 20.8 Å². The number of aromatic nitrogens is 2. The minimum Gasteiger partial charge on any atom is -0.465 e. The predicted molar refractivity (Wildman–Crippen MR) is 90.2 cm³/mol. The second-order valence-corrected chi connectivity index (χ2v) is 7.66. The molecule has 1 aromatic heterocycles. The number of hydrogen-bond donors (Lipinski definition) is 2. The number of anilines is 1. The van der Waals surface area contributed by atoms with E-state index in [1.54, 1.807) is 20.8 Å². The van der Waals surface area contributed by atoms with Crippen molar-refractivity contribution < 1.29 is 23.9 Å². The van der Waals surface area contributed by atoms with Crippen LogP contribution in [0.4, 0.5) is 9.93 Å². The van der Waals surface area contributed by atoms with Gasteiger partial charge in [0.15, 0.2) is 4.34 Å². The highest BCUT2D eigenvalue weighted by molar-refractivity contribution is 8.01. The summed E-state index contributed by atoms with van der Waals surface area (Å²) in [5.74, 6) is -1.32. The smallest absolute Gasteiger partial charge is 0.325 e. The summed E-state index contributed by atoms with van der Waals surface area (Å²) in [4.78, 5) is 47.9. The van der Waals surface area contributed by atoms with Gasteiger partial charge in [0.2, 0.25) is 11.0 Å². The van der Waals surface area contributed by atoms with Crippen molar-refractivity contribution in [2.45, 2.75) is 30.6 Å². The van der Waals surface area contributed by atoms with E-state index in [0.29, 0.717) is 10.9 Å². The van der Waals surface area contributed by atoms with E-state index in [-0.39, 0.29) is 16.9 Å². The van der Waals surface area contributed by atoms with Crippen molar-refractivity contribution in [1.29, 1.82) is 0 Å². The van der Waals surface area contributed by atoms with Gasteiger partial charge >= 0.3 is 12.0 Å². The molecule has 2 heterocycles. The van der Waals surface area contributed by atoms with Gasteiger partial charge < -0.3 is 10.1 Å². The number of thioether (sulfide) groups is 1. The van der Waals surface area contributed by atoms with E-state index in [9.17, 15) is 19.2 Å². The Bertz CT molecular complexity index is 705. The average molecular weight is 387 g/mol. The maximum Gasteiger partial charge on any atom is 0.325 e. The van der Waals surface area contributed by atoms with Crippen LogP contribution in [-0.4, -0.2) is 63.4 Å². The topological polar surface area (TPSA) is 131 Å². The zero-order valence-corrected chi connectivity index (χ0v) is 15.5. The zero-order valence-electron chi connectivity index (χ0n) is 13.8. The van der Waals surface area contributed by atoms with Crippen LogP contribution >= 0.6 is 23.1 Å². The van der Waals surface area contributed by atoms with Crippen LogP contribution < -0.4 is 10.6 Å². The molecule has 0 aliphatic carbocycles. The summed E-state index contributed by atoms with van der Waals surface area (Å²) >= 11 is 2.22. The minimum absolute atomic E-state index is 0.0912. The Hall–Kier alpha value is -2.21. The fourth-order valence-corrected chi connectivity index (χ4v) is 3.47. The molecule has 0 spiro atoms. The first-order valence-corrected chi connectivity index (χ1v) is 9.09. The van der Waals surface area contributed by atoms with Crippen molar-refractivity contribution in [3.8, 4) is 0 Å². The molecule has 12 heteroatoms. The first-order chi connectivity index (χ1) is 11.7. The number of rotatable bonds is 7. The Labute approximate surface area is 151 Å². The first-order valence-electron chi connectivity index (χ1n) is 7.29. The highest BCUT2D eigenvalue weighted by Crippen LogP contribution is 2.25. The van der Waals surface area contributed by atoms with Gasteiger partial charge in [-0.3, -0.25) is 24.6 Å². The quantitative estimate of drug-likeness (QED) is 0.299. The number of esters is 1. The molecule has 1 aliphatic rings. The molecule has 4 amide bonds. The van der Waals surface area contributed by atoms with E-state index in [0.717, 1.165) is 28.0 Å². The molecule has 0 unspecified atom stereocenters. The van der Waals surface area contributed by atoms with Crippen LogP contribution in [0.1, 0.15) is 20.8 Å². The largest absolute Gasteiger partial charge is 0.465 e. The summed E-state index contributed by atoms with van der Waals surface area (Å²) in [6.45, 7) is 4.72. The molecule has 0 aromatic carbocycles. The van der Waals surface area contributed by atoms with Crippen molar-refractivity contribution in [3.05, 3.63) is 0 Å². The Kier molecular flexibility index (Phi) is 5.95. The number of imide groups is 1. The lowest BCUT2D eigenvalue weighted by Gasteiger charge is -2.15. The first kappa shape index (κ1) is 19.1. The van der Waals surface area contributed by atoms with Crippen molar-refractivity contribution in [2.24, 2.45) is 0 Å². The number of ether oxygens (including phenoxy) is 1. The number of urea groups is 1. The molecule has 1 saturated heterocycles. The summed E-state index contributed by atoms with van der Waals surface area (Å²) in [5.41, 5.74) is -1.03. The number of amides is 4. The summed E-state index contributed by atoms with van der Waals surface area (Å²) in [6, 6.07) is -0.618. The molecule has 1 aromatic rings. The third kappa shape index (κ3) is 4.89. The van der Waals surface area contributed by atoms with E-state index in [1.807, 2.05) is 0 Å². The van der Waals surface area contributed by atoms with E-state index < -0.39 is 29.9 Å². The zero-order chi connectivity index (χ0) is 18.6. The summed E-state index contributed by atoms with van der Waals surface area (Å²) in [6.07, 6.45) is 0. The lowest BCUT2D eigenvalue weighted by atomic mass is 10.1. The van der Waals surface area contributed by atoms with Gasteiger partial charge in [0.05, 0.1) is 12.4 Å². The maximum absolute atomic E-state index is 12.0. The maximum atomic E-state index is 12.0. The van der Waals surface area contributed by atoms with E-state index >= 15 is 0 Å². The molecule has 2 N–H and O–H groups in total. The summed E-state index contributed by atoms with van der Waals surface area (Å²) < 4.78 is 5.28. The highest BCUT2D eigenvalue weighted by atomic mass is 32.2. The number of nitrogens with zero attached hydrogens (tertiary/aromatic N) is 3. The molecule has 0 bridgehead atoms. The SMILES string of the molecule is CCOC(=O)CSc1nnc(NC(=O)CN2C(=O)NC(C)(C)C2=O)s1. The summed E-state index contributed by atoms with van der Waals surface area (Å²) in [7, 11) is 0. The Balaban J connectivity index is 1.86. The molecule has 1 fully saturated rings. The second kappa shape index (κ2) is 7.78. The van der Waals surface area contributed by atoms with Gasteiger partial charge in [-0.25, -0.2) is 4.79 Å². The molecular weight excluding hydrogens is 370 g/mol. The number of carbonyl (C=O) groups is 4. The molecular formula is C13H17N5O5S2. The third-order valence-electron chi connectivity index (χ3n) is 3.02. The normalized spacial score (nSPS) is 15.9. The molecule has 136 valence electrons. The van der Waals surface area contributed by atoms with Crippen molar-refractivity contribution in [1.82, 2.24) is 20.4 Å². The van der Waals surface area contributed by atoms with E-state index in [4.69, 9.17) is 4.74 Å². The molecule has 1 aliphatic heterocycles. The van der Waals surface area contributed by atoms with Gasteiger partial charge in [-0.2, -0.15) is 0 Å². The van der Waals surface area contributed by atoms with Crippen LogP contribution in [0.2, 0.25) is 0 Å². The number of hydrogen-bond acceptors (Lipinski definition) is 9. The highest BCUT2D eigenvalue weighted by Gasteiger charge is 2.44. The molecule has 0 atom stereocenters. The number of carbonyl (C=O) groups excluding carboxylic acids is 4. The molecule has 2 rings (SSSR count). The van der Waals surface area contributed by atoms with Crippen LogP contribution in [0.15, 0.2) is 4.34 Å². The standard InChI is InChI=1S/C13H17N5O5S2/c1-4-23-8(20)6-24-12-17-16-10(25-12)14-7(19)5-18-9(21)13(2,3)15-11(18)22/h4-6H2,1-3H3,(H,15,22)(H,14,16,19). The molecule has 10 nitrogen and oxygen atoms in total. The third-order valence-corrected chi connectivity index (χ3v) is 4.96. The van der Waals surface area contributed by atoms with Crippen molar-refractivity contribution in [2.75, 3.05) is 24.2 Å². The fourth-order valence-electron chi connectivity index (χ4n) is 1.91. The van der Waals surface area contributed by atoms with Gasteiger partial charge in [-0.1, -0.05) is 23.1 Å². The lowest BCUT2D eigenvalue weighted by molar-refractivity contribution is -0.139. The Morgan fingerprint density at radius 3 is 2.68 bits per heavy atom. The molecule has 0 saturated carbocycles. The van der Waals surface area contributed by atoms with E-state index in [2.05, 4.69) is 20.8 Å². The van der Waals surface area contributed by atoms with Gasteiger partial charge in [0.25, 0.3) is 5.91 Å². The van der Waals surface area contributed by atoms with Crippen LogP contribution in [0.3, 0.4) is 0 Å². The van der Waals surface area contributed by atoms with Crippen LogP contribution in [0.5, 0.6) is 0 Å². The average Bonchev–Trinajstić information content (AvgIpc) is 3.03. The monoisotopic (exact) mass is 387 g/mol. The molecule has 25 heavy (non-hydrogen) atoms. The van der Waals surface area contributed by atoms with Crippen LogP contribution in [0, 0.1) is 0 Å². The van der Waals surface area contributed by atoms with Crippen LogP contribution in [0.25, 0.3) is 0 Å². The summed E-state index contributed by atoms with van der Waals surface area (Å²) in [5, 5.41) is 12.8. The fraction of sp³-hybridized carbons (Fsp3) is 0.538. The van der Waals surface area contributed by atoms with Gasteiger partial charge in [-0.15, -0.1) is 10.2 Å². The van der Waals surface area contributed by atoms with Crippen molar-refractivity contribution >= 4 is 52.0 Å². The lowest BCUT2D eigenvalue weighted by Crippen LogP contribution is -2.41. The second-order valence-electron chi connectivity index (χ2n) is 5.46. The molecule has 0 radical (unpaired) electrons. The van der Waals surface area contributed by atoms with Gasteiger partial charge in [0.1, 0.15) is 12.1 Å². The minimum atomic E-state index is -1.03. The van der Waals surface area contributed by atoms with Crippen LogP contribution in [-0.2, 0) is 19.1 Å². The Morgan fingerprint density at radius 1 is 1.36 bits per heavy atom. The van der Waals surface area contributed by atoms with Crippen molar-refractivity contribution in [3.63, 3.8) is 0 Å².